The van der Waals surface area contributed by atoms with Gasteiger partial charge in [-0.3, -0.25) is 9.59 Å². The van der Waals surface area contributed by atoms with Gasteiger partial charge in [-0.25, -0.2) is 4.98 Å². The van der Waals surface area contributed by atoms with Gasteiger partial charge in [0.2, 0.25) is 5.78 Å². The number of nitriles is 1. The second kappa shape index (κ2) is 11.1. The number of ether oxygens (including phenoxy) is 2. The Kier molecular flexibility index (Phi) is 7.69. The number of pyridine rings is 1. The molecule has 0 N–H and O–H groups in total. The lowest BCUT2D eigenvalue weighted by Gasteiger charge is -2.31. The molecule has 186 valence electrons. The fourth-order valence-electron chi connectivity index (χ4n) is 4.62. The summed E-state index contributed by atoms with van der Waals surface area (Å²) in [5, 5.41) is 8.92. The maximum Gasteiger partial charge on any atom is 0.309 e. The number of carbonyl (C=O) groups is 2. The van der Waals surface area contributed by atoms with E-state index in [4.69, 9.17) is 14.7 Å². The van der Waals surface area contributed by atoms with Crippen molar-refractivity contribution < 1.29 is 19.1 Å². The third kappa shape index (κ3) is 5.41. The van der Waals surface area contributed by atoms with Gasteiger partial charge in [0.1, 0.15) is 17.6 Å². The first-order valence-electron chi connectivity index (χ1n) is 12.1. The van der Waals surface area contributed by atoms with E-state index < -0.39 is 0 Å². The highest BCUT2D eigenvalue weighted by Crippen LogP contribution is 2.25. The van der Waals surface area contributed by atoms with Crippen molar-refractivity contribution in [3.8, 4) is 17.5 Å². The number of hydrogen-bond donors (Lipinski definition) is 0. The van der Waals surface area contributed by atoms with Crippen LogP contribution in [-0.4, -0.2) is 47.6 Å². The van der Waals surface area contributed by atoms with Crippen molar-refractivity contribution in [2.24, 2.45) is 5.92 Å². The largest absolute Gasteiger partial charge is 0.494 e. The molecular formula is C28H30N4O4. The van der Waals surface area contributed by atoms with Gasteiger partial charge in [0.15, 0.2) is 6.61 Å². The van der Waals surface area contributed by atoms with Crippen LogP contribution in [0.25, 0.3) is 5.69 Å². The number of Topliss-reactive ketones (excluding diaryl/α,β-unsaturated/α-hetero) is 1. The van der Waals surface area contributed by atoms with E-state index in [9.17, 15) is 9.59 Å². The number of hydrogen-bond acceptors (Lipinski definition) is 7. The maximum absolute atomic E-state index is 12.9. The van der Waals surface area contributed by atoms with Gasteiger partial charge in [-0.1, -0.05) is 0 Å². The van der Waals surface area contributed by atoms with Crippen LogP contribution in [0, 0.1) is 31.1 Å². The zero-order valence-electron chi connectivity index (χ0n) is 20.9. The zero-order valence-corrected chi connectivity index (χ0v) is 20.9. The van der Waals surface area contributed by atoms with Crippen molar-refractivity contribution >= 4 is 17.6 Å². The molecule has 0 amide bonds. The molecule has 4 rings (SSSR count). The fraction of sp³-hybridized carbons (Fsp3) is 0.357. The van der Waals surface area contributed by atoms with Crippen LogP contribution in [0.4, 0.5) is 5.82 Å². The molecule has 8 heteroatoms. The quantitative estimate of drug-likeness (QED) is 0.344. The second-order valence-electron chi connectivity index (χ2n) is 8.86. The molecule has 0 radical (unpaired) electrons. The first kappa shape index (κ1) is 25.0. The van der Waals surface area contributed by atoms with Crippen molar-refractivity contribution in [2.75, 3.05) is 31.2 Å². The Hall–Kier alpha value is -4.12. The van der Waals surface area contributed by atoms with E-state index in [-0.39, 0.29) is 24.3 Å². The van der Waals surface area contributed by atoms with Crippen LogP contribution >= 0.6 is 0 Å². The summed E-state index contributed by atoms with van der Waals surface area (Å²) in [6, 6.07) is 15.2. The third-order valence-electron chi connectivity index (χ3n) is 6.51. The molecule has 1 aliphatic heterocycles. The maximum atomic E-state index is 12.9. The van der Waals surface area contributed by atoms with E-state index in [0.717, 1.165) is 28.6 Å². The lowest BCUT2D eigenvalue weighted by Crippen LogP contribution is -2.37. The topological polar surface area (TPSA) is 97.5 Å². The highest BCUT2D eigenvalue weighted by atomic mass is 16.5. The molecule has 1 aromatic carbocycles. The average Bonchev–Trinajstić information content (AvgIpc) is 3.21. The molecule has 0 unspecified atom stereocenters. The number of carbonyl (C=O) groups excluding carboxylic acids is 2. The summed E-state index contributed by atoms with van der Waals surface area (Å²) in [6.45, 7) is 7.44. The molecule has 0 aliphatic carbocycles. The Labute approximate surface area is 211 Å². The van der Waals surface area contributed by atoms with Crippen molar-refractivity contribution in [1.29, 1.82) is 5.26 Å². The number of anilines is 1. The van der Waals surface area contributed by atoms with Crippen molar-refractivity contribution in [1.82, 2.24) is 9.55 Å². The average molecular weight is 487 g/mol. The van der Waals surface area contributed by atoms with Crippen LogP contribution in [0.1, 0.15) is 47.1 Å². The molecule has 2 aromatic heterocycles. The molecule has 1 saturated heterocycles. The van der Waals surface area contributed by atoms with Gasteiger partial charge in [0, 0.05) is 41.9 Å². The minimum Gasteiger partial charge on any atom is -0.494 e. The van der Waals surface area contributed by atoms with Crippen molar-refractivity contribution in [3.63, 3.8) is 0 Å². The van der Waals surface area contributed by atoms with Crippen LogP contribution in [0.5, 0.6) is 5.75 Å². The Bertz CT molecular complexity index is 1260. The molecule has 0 atom stereocenters. The Balaban J connectivity index is 1.33. The standard InChI is InChI=1S/C28H30N4O4/c1-4-35-24-8-6-23(7-9-24)32-19(2)15-25(20(32)3)26(33)18-36-28(34)22-11-13-31(14-12-22)27-10-5-21(16-29)17-30-27/h5-10,15,17,22H,4,11-14,18H2,1-3H3. The Morgan fingerprint density at radius 3 is 2.44 bits per heavy atom. The van der Waals surface area contributed by atoms with Gasteiger partial charge in [-0.2, -0.15) is 5.26 Å². The highest BCUT2D eigenvalue weighted by molar-refractivity contribution is 5.99. The van der Waals surface area contributed by atoms with E-state index in [1.807, 2.05) is 61.7 Å². The minimum absolute atomic E-state index is 0.215. The van der Waals surface area contributed by atoms with Crippen LogP contribution in [0.2, 0.25) is 0 Å². The number of aryl methyl sites for hydroxylation is 1. The molecule has 0 saturated carbocycles. The summed E-state index contributed by atoms with van der Waals surface area (Å²) >= 11 is 0. The number of benzene rings is 1. The highest BCUT2D eigenvalue weighted by Gasteiger charge is 2.28. The van der Waals surface area contributed by atoms with Crippen molar-refractivity contribution in [3.05, 3.63) is 71.2 Å². The summed E-state index contributed by atoms with van der Waals surface area (Å²) in [6.07, 6.45) is 2.80. The molecule has 0 spiro atoms. The molecular weight excluding hydrogens is 456 g/mol. The summed E-state index contributed by atoms with van der Waals surface area (Å²) in [5.41, 5.74) is 3.74. The van der Waals surface area contributed by atoms with Gasteiger partial charge in [0.05, 0.1) is 18.1 Å². The number of piperidine rings is 1. The van der Waals surface area contributed by atoms with Gasteiger partial charge in [0.25, 0.3) is 0 Å². The number of ketones is 1. The van der Waals surface area contributed by atoms with Crippen LogP contribution in [0.3, 0.4) is 0 Å². The Morgan fingerprint density at radius 1 is 1.11 bits per heavy atom. The number of aromatic nitrogens is 2. The first-order valence-corrected chi connectivity index (χ1v) is 12.1. The fourth-order valence-corrected chi connectivity index (χ4v) is 4.62. The summed E-state index contributed by atoms with van der Waals surface area (Å²) in [5.74, 6) is 0.789. The van der Waals surface area contributed by atoms with Crippen molar-refractivity contribution in [2.45, 2.75) is 33.6 Å². The first-order chi connectivity index (χ1) is 17.4. The predicted molar refractivity (Wildman–Crippen MR) is 136 cm³/mol. The lowest BCUT2D eigenvalue weighted by molar-refractivity contribution is -0.148. The second-order valence-corrected chi connectivity index (χ2v) is 8.86. The van der Waals surface area contributed by atoms with E-state index >= 15 is 0 Å². The molecule has 1 fully saturated rings. The summed E-state index contributed by atoms with van der Waals surface area (Å²) in [7, 11) is 0. The van der Waals surface area contributed by atoms with Crippen LogP contribution in [-0.2, 0) is 9.53 Å². The van der Waals surface area contributed by atoms with E-state index in [1.54, 1.807) is 12.3 Å². The van der Waals surface area contributed by atoms with Gasteiger partial charge in [-0.15, -0.1) is 0 Å². The number of rotatable bonds is 8. The monoisotopic (exact) mass is 486 g/mol. The zero-order chi connectivity index (χ0) is 25.7. The van der Waals surface area contributed by atoms with Gasteiger partial charge in [-0.05, 0) is 76.1 Å². The predicted octanol–water partition coefficient (Wildman–Crippen LogP) is 4.40. The normalized spacial score (nSPS) is 13.8. The Morgan fingerprint density at radius 2 is 1.83 bits per heavy atom. The van der Waals surface area contributed by atoms with Gasteiger partial charge >= 0.3 is 5.97 Å². The van der Waals surface area contributed by atoms with E-state index in [1.165, 1.54) is 0 Å². The van der Waals surface area contributed by atoms with E-state index in [2.05, 4.69) is 16.0 Å². The summed E-state index contributed by atoms with van der Waals surface area (Å²) < 4.78 is 13.0. The third-order valence-corrected chi connectivity index (χ3v) is 6.51. The molecule has 1 aliphatic rings. The number of esters is 1. The van der Waals surface area contributed by atoms with E-state index in [0.29, 0.717) is 43.7 Å². The van der Waals surface area contributed by atoms with Gasteiger partial charge < -0.3 is 18.9 Å². The molecule has 36 heavy (non-hydrogen) atoms. The van der Waals surface area contributed by atoms with Crippen LogP contribution < -0.4 is 9.64 Å². The lowest BCUT2D eigenvalue weighted by atomic mass is 9.97. The van der Waals surface area contributed by atoms with Crippen LogP contribution in [0.15, 0.2) is 48.7 Å². The molecule has 8 nitrogen and oxygen atoms in total. The SMILES string of the molecule is CCOc1ccc(-n2c(C)cc(C(=O)COC(=O)C3CCN(c4ccc(C#N)cn4)CC3)c2C)cc1. The molecule has 3 aromatic rings. The minimum atomic E-state index is -0.337. The smallest absolute Gasteiger partial charge is 0.309 e. The molecule has 0 bridgehead atoms. The summed E-state index contributed by atoms with van der Waals surface area (Å²) in [4.78, 5) is 32.0. The number of nitrogens with zero attached hydrogens (tertiary/aromatic N) is 4. The molecule has 3 heterocycles.